The van der Waals surface area contributed by atoms with Crippen molar-refractivity contribution < 1.29 is 8.42 Å². The smallest absolute Gasteiger partial charge is 0.187 e. The van der Waals surface area contributed by atoms with E-state index in [2.05, 4.69) is 0 Å². The van der Waals surface area contributed by atoms with Crippen LogP contribution >= 0.6 is 11.3 Å². The highest BCUT2D eigenvalue weighted by molar-refractivity contribution is 7.93. The Morgan fingerprint density at radius 2 is 2.15 bits per heavy atom. The minimum atomic E-state index is -3.03. The Balaban J connectivity index is 2.58. The van der Waals surface area contributed by atoms with E-state index in [1.165, 1.54) is 11.3 Å². The van der Waals surface area contributed by atoms with Gasteiger partial charge in [0.1, 0.15) is 4.21 Å². The maximum absolute atomic E-state index is 11.5. The molecule has 0 spiro atoms. The van der Waals surface area contributed by atoms with Gasteiger partial charge >= 0.3 is 0 Å². The van der Waals surface area contributed by atoms with Crippen LogP contribution in [0.4, 0.5) is 0 Å². The highest BCUT2D eigenvalue weighted by atomic mass is 32.2. The van der Waals surface area contributed by atoms with Crippen LogP contribution in [-0.4, -0.2) is 20.7 Å². The molecule has 0 aliphatic rings. The molecule has 0 unspecified atom stereocenters. The average Bonchev–Trinajstić information content (AvgIpc) is 2.56. The number of nitrogens with two attached hydrogens (primary N) is 1. The van der Waals surface area contributed by atoms with Crippen molar-refractivity contribution in [3.8, 4) is 0 Å². The average molecular weight is 219 g/mol. The molecule has 1 heterocycles. The van der Waals surface area contributed by atoms with Gasteiger partial charge in [-0.2, -0.15) is 0 Å². The molecule has 0 aliphatic heterocycles. The molecule has 0 amide bonds. The van der Waals surface area contributed by atoms with E-state index in [0.717, 1.165) is 6.42 Å². The molecule has 0 atom stereocenters. The van der Waals surface area contributed by atoms with E-state index in [0.29, 0.717) is 17.2 Å². The first-order valence-electron chi connectivity index (χ1n) is 4.13. The summed E-state index contributed by atoms with van der Waals surface area (Å²) in [5.74, 6) is 0.213. The summed E-state index contributed by atoms with van der Waals surface area (Å²) in [5.41, 5.74) is 5.28. The lowest BCUT2D eigenvalue weighted by Gasteiger charge is -1.99. The van der Waals surface area contributed by atoms with Crippen LogP contribution in [-0.2, 0) is 9.84 Å². The molecule has 0 saturated carbocycles. The lowest BCUT2D eigenvalue weighted by molar-refractivity contribution is 0.594. The molecule has 0 fully saturated rings. The van der Waals surface area contributed by atoms with E-state index in [-0.39, 0.29) is 5.75 Å². The molecule has 1 aromatic rings. The maximum Gasteiger partial charge on any atom is 0.187 e. The van der Waals surface area contributed by atoms with Gasteiger partial charge in [-0.25, -0.2) is 8.42 Å². The van der Waals surface area contributed by atoms with Gasteiger partial charge in [-0.3, -0.25) is 0 Å². The van der Waals surface area contributed by atoms with E-state index in [1.807, 2.05) is 0 Å². The second-order valence-corrected chi connectivity index (χ2v) is 6.03. The predicted molar refractivity (Wildman–Crippen MR) is 54.7 cm³/mol. The highest BCUT2D eigenvalue weighted by Crippen LogP contribution is 2.18. The van der Waals surface area contributed by atoms with Crippen molar-refractivity contribution in [2.24, 2.45) is 5.73 Å². The van der Waals surface area contributed by atoms with Crippen LogP contribution in [0, 0.1) is 0 Å². The normalized spacial score (nSPS) is 11.8. The topological polar surface area (TPSA) is 60.2 Å². The van der Waals surface area contributed by atoms with Gasteiger partial charge in [0.2, 0.25) is 0 Å². The molecule has 1 aromatic heterocycles. The van der Waals surface area contributed by atoms with Crippen LogP contribution in [0.15, 0.2) is 21.7 Å². The van der Waals surface area contributed by atoms with Crippen molar-refractivity contribution in [1.29, 1.82) is 0 Å². The third-order valence-corrected chi connectivity index (χ3v) is 4.96. The van der Waals surface area contributed by atoms with Gasteiger partial charge in [0.05, 0.1) is 5.75 Å². The first-order valence-corrected chi connectivity index (χ1v) is 6.66. The van der Waals surface area contributed by atoms with Crippen molar-refractivity contribution >= 4 is 21.2 Å². The first kappa shape index (κ1) is 10.7. The van der Waals surface area contributed by atoms with Crippen molar-refractivity contribution in [3.05, 3.63) is 17.5 Å². The quantitative estimate of drug-likeness (QED) is 0.758. The SMILES string of the molecule is NCCCCS(=O)(=O)c1cccs1. The fourth-order valence-corrected chi connectivity index (χ4v) is 3.50. The Kier molecular flexibility index (Phi) is 3.90. The van der Waals surface area contributed by atoms with E-state index in [1.54, 1.807) is 17.5 Å². The van der Waals surface area contributed by atoms with Crippen LogP contribution in [0.1, 0.15) is 12.8 Å². The number of unbranched alkanes of at least 4 members (excludes halogenated alkanes) is 1. The molecule has 0 aromatic carbocycles. The molecular weight excluding hydrogens is 206 g/mol. The summed E-state index contributed by atoms with van der Waals surface area (Å²) in [5, 5.41) is 1.77. The van der Waals surface area contributed by atoms with E-state index < -0.39 is 9.84 Å². The van der Waals surface area contributed by atoms with Gasteiger partial charge in [0.15, 0.2) is 9.84 Å². The Hall–Kier alpha value is -0.390. The van der Waals surface area contributed by atoms with Gasteiger partial charge in [0, 0.05) is 0 Å². The van der Waals surface area contributed by atoms with Crippen molar-refractivity contribution in [2.75, 3.05) is 12.3 Å². The Morgan fingerprint density at radius 3 is 2.69 bits per heavy atom. The number of thiophene rings is 1. The Morgan fingerprint density at radius 1 is 1.38 bits per heavy atom. The lowest BCUT2D eigenvalue weighted by Crippen LogP contribution is -2.07. The third-order valence-electron chi connectivity index (χ3n) is 1.67. The van der Waals surface area contributed by atoms with Crippen molar-refractivity contribution in [2.45, 2.75) is 17.1 Å². The van der Waals surface area contributed by atoms with Gasteiger partial charge in [-0.15, -0.1) is 11.3 Å². The first-order chi connectivity index (χ1) is 6.17. The molecule has 0 saturated heterocycles. The summed E-state index contributed by atoms with van der Waals surface area (Å²) in [7, 11) is -3.03. The van der Waals surface area contributed by atoms with Crippen molar-refractivity contribution in [1.82, 2.24) is 0 Å². The highest BCUT2D eigenvalue weighted by Gasteiger charge is 2.13. The van der Waals surface area contributed by atoms with E-state index in [9.17, 15) is 8.42 Å². The fraction of sp³-hybridized carbons (Fsp3) is 0.500. The minimum absolute atomic E-state index is 0.213. The zero-order chi connectivity index (χ0) is 9.73. The van der Waals surface area contributed by atoms with Crippen LogP contribution in [0.25, 0.3) is 0 Å². The summed E-state index contributed by atoms with van der Waals surface area (Å²) in [6.07, 6.45) is 1.42. The summed E-state index contributed by atoms with van der Waals surface area (Å²) in [6, 6.07) is 3.39. The van der Waals surface area contributed by atoms with Crippen LogP contribution in [0.3, 0.4) is 0 Å². The monoisotopic (exact) mass is 219 g/mol. The van der Waals surface area contributed by atoms with Gasteiger partial charge < -0.3 is 5.73 Å². The fourth-order valence-electron chi connectivity index (χ4n) is 0.977. The number of hydrogen-bond acceptors (Lipinski definition) is 4. The molecule has 1 rings (SSSR count). The second kappa shape index (κ2) is 4.74. The molecule has 74 valence electrons. The van der Waals surface area contributed by atoms with E-state index >= 15 is 0 Å². The minimum Gasteiger partial charge on any atom is -0.330 e. The summed E-state index contributed by atoms with van der Waals surface area (Å²) >= 11 is 1.27. The zero-order valence-electron chi connectivity index (χ0n) is 7.27. The molecule has 2 N–H and O–H groups in total. The van der Waals surface area contributed by atoms with E-state index in [4.69, 9.17) is 5.73 Å². The van der Waals surface area contributed by atoms with Crippen LogP contribution < -0.4 is 5.73 Å². The molecule has 0 radical (unpaired) electrons. The van der Waals surface area contributed by atoms with Gasteiger partial charge in [-0.1, -0.05) is 6.07 Å². The third kappa shape index (κ3) is 3.10. The number of rotatable bonds is 5. The molecule has 13 heavy (non-hydrogen) atoms. The van der Waals surface area contributed by atoms with Gasteiger partial charge in [-0.05, 0) is 30.8 Å². The maximum atomic E-state index is 11.5. The van der Waals surface area contributed by atoms with Crippen LogP contribution in [0.5, 0.6) is 0 Å². The summed E-state index contributed by atoms with van der Waals surface area (Å²) in [6.45, 7) is 0.556. The Bertz CT molecular complexity index is 329. The second-order valence-electron chi connectivity index (χ2n) is 2.75. The van der Waals surface area contributed by atoms with Crippen LogP contribution in [0.2, 0.25) is 0 Å². The lowest BCUT2D eigenvalue weighted by atomic mass is 10.3. The number of sulfone groups is 1. The van der Waals surface area contributed by atoms with Crippen molar-refractivity contribution in [3.63, 3.8) is 0 Å². The molecule has 3 nitrogen and oxygen atoms in total. The largest absolute Gasteiger partial charge is 0.330 e. The standard InChI is InChI=1S/C8H13NO2S2/c9-5-1-2-7-13(10,11)8-4-3-6-12-8/h3-4,6H,1-2,5,7,9H2. The summed E-state index contributed by atoms with van der Waals surface area (Å²) in [4.78, 5) is 0. The predicted octanol–water partition coefficient (Wildman–Crippen LogP) is 1.26. The zero-order valence-corrected chi connectivity index (χ0v) is 8.90. The molecule has 0 bridgehead atoms. The number of hydrogen-bond donors (Lipinski definition) is 1. The van der Waals surface area contributed by atoms with Gasteiger partial charge in [0.25, 0.3) is 0 Å². The molecule has 5 heteroatoms. The molecular formula is C8H13NO2S2. The Labute approximate surface area is 82.5 Å². The molecule has 0 aliphatic carbocycles. The summed E-state index contributed by atoms with van der Waals surface area (Å²) < 4.78 is 23.5.